The third-order valence-corrected chi connectivity index (χ3v) is 4.59. The van der Waals surface area contributed by atoms with E-state index in [-0.39, 0.29) is 18.4 Å². The molecule has 1 heterocycles. The molecule has 0 saturated carbocycles. The summed E-state index contributed by atoms with van der Waals surface area (Å²) in [5, 5.41) is 2.76. The standard InChI is InChI=1S/C19H19IN2O4/c20-15-4-6-17(7-5-15)26-13-18(23)21-16-3-1-2-14(12-16)19(24)22-8-10-25-11-9-22/h1-7,12H,8-11,13H2,(H,21,23). The van der Waals surface area contributed by atoms with Gasteiger partial charge >= 0.3 is 0 Å². The molecule has 0 aromatic heterocycles. The van der Waals surface area contributed by atoms with E-state index in [0.29, 0.717) is 43.3 Å². The van der Waals surface area contributed by atoms with Crippen LogP contribution in [0.1, 0.15) is 10.4 Å². The zero-order valence-electron chi connectivity index (χ0n) is 14.1. The van der Waals surface area contributed by atoms with Gasteiger partial charge < -0.3 is 19.7 Å². The number of hydrogen-bond acceptors (Lipinski definition) is 4. The molecule has 2 amide bonds. The van der Waals surface area contributed by atoms with Gasteiger partial charge in [0, 0.05) is 27.9 Å². The maximum absolute atomic E-state index is 12.5. The monoisotopic (exact) mass is 466 g/mol. The van der Waals surface area contributed by atoms with Crippen LogP contribution in [0.3, 0.4) is 0 Å². The molecule has 0 spiro atoms. The predicted molar refractivity (Wildman–Crippen MR) is 106 cm³/mol. The van der Waals surface area contributed by atoms with Crippen LogP contribution < -0.4 is 10.1 Å². The van der Waals surface area contributed by atoms with Crippen LogP contribution in [0.4, 0.5) is 5.69 Å². The average molecular weight is 466 g/mol. The van der Waals surface area contributed by atoms with E-state index in [1.807, 2.05) is 24.3 Å². The van der Waals surface area contributed by atoms with Crippen molar-refractivity contribution in [3.05, 3.63) is 57.7 Å². The lowest BCUT2D eigenvalue weighted by molar-refractivity contribution is -0.118. The Bertz CT molecular complexity index is 773. The van der Waals surface area contributed by atoms with E-state index in [1.54, 1.807) is 29.2 Å². The molecule has 2 aromatic rings. The van der Waals surface area contributed by atoms with Gasteiger partial charge in [-0.15, -0.1) is 0 Å². The van der Waals surface area contributed by atoms with Gasteiger partial charge in [-0.2, -0.15) is 0 Å². The number of anilines is 1. The Hall–Kier alpha value is -2.13. The van der Waals surface area contributed by atoms with E-state index in [9.17, 15) is 9.59 Å². The Balaban J connectivity index is 1.56. The first-order chi connectivity index (χ1) is 12.6. The summed E-state index contributed by atoms with van der Waals surface area (Å²) in [6, 6.07) is 14.4. The lowest BCUT2D eigenvalue weighted by Crippen LogP contribution is -2.40. The third kappa shape index (κ3) is 5.18. The summed E-state index contributed by atoms with van der Waals surface area (Å²) in [4.78, 5) is 26.3. The number of carbonyl (C=O) groups excluding carboxylic acids is 2. The first-order valence-corrected chi connectivity index (χ1v) is 9.35. The van der Waals surface area contributed by atoms with Crippen LogP contribution in [-0.2, 0) is 9.53 Å². The van der Waals surface area contributed by atoms with Crippen LogP contribution in [0.15, 0.2) is 48.5 Å². The molecule has 0 aliphatic carbocycles. The van der Waals surface area contributed by atoms with Gasteiger partial charge in [0.05, 0.1) is 13.2 Å². The Morgan fingerprint density at radius 3 is 2.58 bits per heavy atom. The molecule has 26 heavy (non-hydrogen) atoms. The van der Waals surface area contributed by atoms with Crippen molar-refractivity contribution in [2.45, 2.75) is 0 Å². The van der Waals surface area contributed by atoms with Crippen LogP contribution in [-0.4, -0.2) is 49.6 Å². The van der Waals surface area contributed by atoms with Crippen molar-refractivity contribution in [1.82, 2.24) is 4.90 Å². The van der Waals surface area contributed by atoms with Crippen molar-refractivity contribution in [2.24, 2.45) is 0 Å². The van der Waals surface area contributed by atoms with E-state index in [2.05, 4.69) is 27.9 Å². The lowest BCUT2D eigenvalue weighted by atomic mass is 10.1. The van der Waals surface area contributed by atoms with E-state index in [1.165, 1.54) is 0 Å². The molecule has 2 aromatic carbocycles. The van der Waals surface area contributed by atoms with Crippen LogP contribution in [0.2, 0.25) is 0 Å². The molecule has 136 valence electrons. The second-order valence-corrected chi connectivity index (χ2v) is 7.02. The number of nitrogens with zero attached hydrogens (tertiary/aromatic N) is 1. The maximum Gasteiger partial charge on any atom is 0.262 e. The molecule has 1 saturated heterocycles. The lowest BCUT2D eigenvalue weighted by Gasteiger charge is -2.27. The van der Waals surface area contributed by atoms with Crippen molar-refractivity contribution in [2.75, 3.05) is 38.2 Å². The summed E-state index contributed by atoms with van der Waals surface area (Å²) in [7, 11) is 0. The number of rotatable bonds is 5. The SMILES string of the molecule is O=C(COc1ccc(I)cc1)Nc1cccc(C(=O)N2CCOCC2)c1. The van der Waals surface area contributed by atoms with Crippen LogP contribution >= 0.6 is 22.6 Å². The van der Waals surface area contributed by atoms with Gasteiger partial charge in [0.2, 0.25) is 0 Å². The van der Waals surface area contributed by atoms with Crippen LogP contribution in [0, 0.1) is 3.57 Å². The number of hydrogen-bond donors (Lipinski definition) is 1. The number of halogens is 1. The molecular formula is C19H19IN2O4. The fourth-order valence-corrected chi connectivity index (χ4v) is 2.92. The summed E-state index contributed by atoms with van der Waals surface area (Å²) in [5.74, 6) is 0.302. The molecule has 1 aliphatic heterocycles. The molecule has 3 rings (SSSR count). The predicted octanol–water partition coefficient (Wildman–Crippen LogP) is 2.78. The normalized spacial score (nSPS) is 14.0. The van der Waals surface area contributed by atoms with Gasteiger partial charge in [-0.25, -0.2) is 0 Å². The van der Waals surface area contributed by atoms with Gasteiger partial charge in [-0.3, -0.25) is 9.59 Å². The van der Waals surface area contributed by atoms with Crippen molar-refractivity contribution >= 4 is 40.1 Å². The number of morpholine rings is 1. The topological polar surface area (TPSA) is 67.9 Å². The highest BCUT2D eigenvalue weighted by Gasteiger charge is 2.18. The Labute approximate surface area is 165 Å². The van der Waals surface area contributed by atoms with Gasteiger partial charge in [0.1, 0.15) is 5.75 Å². The summed E-state index contributed by atoms with van der Waals surface area (Å²) < 4.78 is 11.8. The molecule has 1 N–H and O–H groups in total. The van der Waals surface area contributed by atoms with Crippen LogP contribution in [0.5, 0.6) is 5.75 Å². The molecule has 0 radical (unpaired) electrons. The largest absolute Gasteiger partial charge is 0.484 e. The maximum atomic E-state index is 12.5. The van der Waals surface area contributed by atoms with Crippen molar-refractivity contribution in [3.63, 3.8) is 0 Å². The Kier molecular flexibility index (Phi) is 6.45. The number of benzene rings is 2. The minimum Gasteiger partial charge on any atom is -0.484 e. The van der Waals surface area contributed by atoms with Crippen molar-refractivity contribution < 1.29 is 19.1 Å². The third-order valence-electron chi connectivity index (χ3n) is 3.88. The molecule has 0 unspecified atom stereocenters. The summed E-state index contributed by atoms with van der Waals surface area (Å²) >= 11 is 2.20. The second-order valence-electron chi connectivity index (χ2n) is 5.78. The first-order valence-electron chi connectivity index (χ1n) is 8.27. The van der Waals surface area contributed by atoms with Crippen molar-refractivity contribution in [1.29, 1.82) is 0 Å². The summed E-state index contributed by atoms with van der Waals surface area (Å²) in [6.45, 7) is 2.18. The highest BCUT2D eigenvalue weighted by Crippen LogP contribution is 2.15. The first kappa shape index (κ1) is 18.7. The highest BCUT2D eigenvalue weighted by molar-refractivity contribution is 14.1. The molecular weight excluding hydrogens is 447 g/mol. The number of carbonyl (C=O) groups is 2. The van der Waals surface area contributed by atoms with E-state index >= 15 is 0 Å². The van der Waals surface area contributed by atoms with Crippen molar-refractivity contribution in [3.8, 4) is 5.75 Å². The fourth-order valence-electron chi connectivity index (χ4n) is 2.56. The van der Waals surface area contributed by atoms with Gasteiger partial charge in [0.25, 0.3) is 11.8 Å². The second kappa shape index (κ2) is 9.00. The molecule has 6 nitrogen and oxygen atoms in total. The molecule has 1 aliphatic rings. The van der Waals surface area contributed by atoms with Crippen LogP contribution in [0.25, 0.3) is 0 Å². The van der Waals surface area contributed by atoms with E-state index in [4.69, 9.17) is 9.47 Å². The highest BCUT2D eigenvalue weighted by atomic mass is 127. The smallest absolute Gasteiger partial charge is 0.262 e. The summed E-state index contributed by atoms with van der Waals surface area (Å²) in [6.07, 6.45) is 0. The molecule has 7 heteroatoms. The summed E-state index contributed by atoms with van der Waals surface area (Å²) in [5.41, 5.74) is 1.11. The quantitative estimate of drug-likeness (QED) is 0.689. The molecule has 0 bridgehead atoms. The zero-order chi connectivity index (χ0) is 18.4. The van der Waals surface area contributed by atoms with Gasteiger partial charge in [0.15, 0.2) is 6.61 Å². The number of nitrogens with one attached hydrogen (secondary N) is 1. The van der Waals surface area contributed by atoms with Gasteiger partial charge in [-0.05, 0) is 65.1 Å². The van der Waals surface area contributed by atoms with Gasteiger partial charge in [-0.1, -0.05) is 6.07 Å². The molecule has 1 fully saturated rings. The number of ether oxygens (including phenoxy) is 2. The minimum absolute atomic E-state index is 0.0560. The van der Waals surface area contributed by atoms with E-state index < -0.39 is 0 Å². The molecule has 0 atom stereocenters. The zero-order valence-corrected chi connectivity index (χ0v) is 16.3. The Morgan fingerprint density at radius 1 is 1.12 bits per heavy atom. The number of amides is 2. The average Bonchev–Trinajstić information content (AvgIpc) is 2.68. The van der Waals surface area contributed by atoms with E-state index in [0.717, 1.165) is 3.57 Å². The minimum atomic E-state index is -0.278. The fraction of sp³-hybridized carbons (Fsp3) is 0.263. The Morgan fingerprint density at radius 2 is 1.85 bits per heavy atom.